The van der Waals surface area contributed by atoms with Crippen LogP contribution in [0.4, 0.5) is 5.69 Å². The highest BCUT2D eigenvalue weighted by Gasteiger charge is 2.19. The molecular formula is C21H21N3O2S. The van der Waals surface area contributed by atoms with Crippen molar-refractivity contribution in [3.63, 3.8) is 0 Å². The topological polar surface area (TPSA) is 64.0 Å². The summed E-state index contributed by atoms with van der Waals surface area (Å²) in [6, 6.07) is 17.8. The molecule has 1 N–H and O–H groups in total. The number of hydrogen-bond donors (Lipinski definition) is 1. The van der Waals surface area contributed by atoms with Gasteiger partial charge in [-0.15, -0.1) is 11.8 Å². The Morgan fingerprint density at radius 3 is 2.48 bits per heavy atom. The number of anilines is 1. The number of aryl methyl sites for hydroxylation is 1. The van der Waals surface area contributed by atoms with E-state index in [-0.39, 0.29) is 11.5 Å². The molecule has 1 amide bonds. The number of carbonyl (C=O) groups is 1. The highest BCUT2D eigenvalue weighted by Crippen LogP contribution is 2.25. The fraction of sp³-hybridized carbons (Fsp3) is 0.190. The Morgan fingerprint density at radius 2 is 1.78 bits per heavy atom. The van der Waals surface area contributed by atoms with Crippen molar-refractivity contribution >= 4 is 23.4 Å². The molecular weight excluding hydrogens is 358 g/mol. The molecule has 2 aromatic carbocycles. The second-order valence-electron chi connectivity index (χ2n) is 6.23. The fourth-order valence-corrected chi connectivity index (χ4v) is 3.23. The number of aromatic nitrogens is 2. The quantitative estimate of drug-likeness (QED) is 0.677. The van der Waals surface area contributed by atoms with Gasteiger partial charge in [-0.2, -0.15) is 5.10 Å². The number of para-hydroxylation sites is 1. The van der Waals surface area contributed by atoms with Crippen molar-refractivity contribution < 1.29 is 4.79 Å². The summed E-state index contributed by atoms with van der Waals surface area (Å²) in [6.07, 6.45) is 1.95. The average molecular weight is 379 g/mol. The Bertz CT molecular complexity index is 1010. The predicted octanol–water partition coefficient (Wildman–Crippen LogP) is 4.14. The minimum absolute atomic E-state index is 0.285. The standard InChI is InChI=1S/C21H21N3O2S/c1-14-8-10-16(11-9-14)17-12-13-20(25)24(23-17)15(2)21(26)22-18-6-4-5-7-19(18)27-3/h4-13,15H,1-3H3,(H,22,26). The van der Waals surface area contributed by atoms with E-state index < -0.39 is 6.04 Å². The van der Waals surface area contributed by atoms with E-state index in [1.54, 1.807) is 24.8 Å². The number of rotatable bonds is 5. The molecule has 0 aliphatic heterocycles. The molecule has 1 unspecified atom stereocenters. The molecule has 0 saturated heterocycles. The molecule has 27 heavy (non-hydrogen) atoms. The molecule has 3 aromatic rings. The molecule has 5 nitrogen and oxygen atoms in total. The van der Waals surface area contributed by atoms with E-state index in [0.29, 0.717) is 5.69 Å². The fourth-order valence-electron chi connectivity index (χ4n) is 2.68. The van der Waals surface area contributed by atoms with Crippen LogP contribution in [0.5, 0.6) is 0 Å². The zero-order valence-corrected chi connectivity index (χ0v) is 16.3. The van der Waals surface area contributed by atoms with E-state index in [0.717, 1.165) is 21.7 Å². The van der Waals surface area contributed by atoms with Gasteiger partial charge in [-0.1, -0.05) is 42.0 Å². The van der Waals surface area contributed by atoms with Gasteiger partial charge in [0.1, 0.15) is 6.04 Å². The molecule has 1 heterocycles. The summed E-state index contributed by atoms with van der Waals surface area (Å²) in [5.41, 5.74) is 3.11. The number of thioether (sulfide) groups is 1. The largest absolute Gasteiger partial charge is 0.323 e. The van der Waals surface area contributed by atoms with Crippen molar-refractivity contribution in [2.45, 2.75) is 24.8 Å². The minimum Gasteiger partial charge on any atom is -0.323 e. The third-order valence-corrected chi connectivity index (χ3v) is 5.08. The SMILES string of the molecule is CSc1ccccc1NC(=O)C(C)n1nc(-c2ccc(C)cc2)ccc1=O. The van der Waals surface area contributed by atoms with E-state index >= 15 is 0 Å². The van der Waals surface area contributed by atoms with Gasteiger partial charge in [0.2, 0.25) is 5.91 Å². The summed E-state index contributed by atoms with van der Waals surface area (Å²) in [5.74, 6) is -0.285. The van der Waals surface area contributed by atoms with E-state index in [1.807, 2.05) is 61.7 Å². The third-order valence-electron chi connectivity index (χ3n) is 4.28. The van der Waals surface area contributed by atoms with Crippen LogP contribution < -0.4 is 10.9 Å². The summed E-state index contributed by atoms with van der Waals surface area (Å²) >= 11 is 1.55. The maximum Gasteiger partial charge on any atom is 0.267 e. The lowest BCUT2D eigenvalue weighted by molar-refractivity contribution is -0.119. The Morgan fingerprint density at radius 1 is 1.07 bits per heavy atom. The van der Waals surface area contributed by atoms with Gasteiger partial charge in [0, 0.05) is 16.5 Å². The molecule has 0 saturated carbocycles. The Hall–Kier alpha value is -2.86. The van der Waals surface area contributed by atoms with Crippen LogP contribution in [-0.2, 0) is 4.79 Å². The lowest BCUT2D eigenvalue weighted by Crippen LogP contribution is -2.33. The zero-order valence-electron chi connectivity index (χ0n) is 15.5. The highest BCUT2D eigenvalue weighted by atomic mass is 32.2. The van der Waals surface area contributed by atoms with Crippen LogP contribution in [0, 0.1) is 6.92 Å². The third kappa shape index (κ3) is 4.28. The van der Waals surface area contributed by atoms with Crippen molar-refractivity contribution in [1.29, 1.82) is 0 Å². The number of nitrogens with one attached hydrogen (secondary N) is 1. The molecule has 6 heteroatoms. The van der Waals surface area contributed by atoms with Crippen molar-refractivity contribution in [3.8, 4) is 11.3 Å². The Balaban J connectivity index is 1.88. The number of carbonyl (C=O) groups excluding carboxylic acids is 1. The van der Waals surface area contributed by atoms with Gasteiger partial charge < -0.3 is 5.32 Å². The second-order valence-corrected chi connectivity index (χ2v) is 7.08. The van der Waals surface area contributed by atoms with Crippen LogP contribution in [0.25, 0.3) is 11.3 Å². The smallest absolute Gasteiger partial charge is 0.267 e. The molecule has 1 atom stereocenters. The van der Waals surface area contributed by atoms with Crippen LogP contribution in [0.3, 0.4) is 0 Å². The average Bonchev–Trinajstić information content (AvgIpc) is 2.69. The first-order chi connectivity index (χ1) is 13.0. The van der Waals surface area contributed by atoms with Gasteiger partial charge in [0.15, 0.2) is 0 Å². The van der Waals surface area contributed by atoms with Crippen molar-refractivity contribution in [2.75, 3.05) is 11.6 Å². The van der Waals surface area contributed by atoms with Crippen LogP contribution in [0.15, 0.2) is 70.4 Å². The van der Waals surface area contributed by atoms with E-state index in [1.165, 1.54) is 10.7 Å². The van der Waals surface area contributed by atoms with Crippen LogP contribution in [0.2, 0.25) is 0 Å². The van der Waals surface area contributed by atoms with E-state index in [9.17, 15) is 9.59 Å². The van der Waals surface area contributed by atoms with Gasteiger partial charge in [-0.25, -0.2) is 4.68 Å². The van der Waals surface area contributed by atoms with Gasteiger partial charge in [-0.3, -0.25) is 9.59 Å². The van der Waals surface area contributed by atoms with Gasteiger partial charge >= 0.3 is 0 Å². The maximum absolute atomic E-state index is 12.7. The van der Waals surface area contributed by atoms with Gasteiger partial charge in [-0.05, 0) is 38.3 Å². The first kappa shape index (κ1) is 18.9. The van der Waals surface area contributed by atoms with Crippen LogP contribution >= 0.6 is 11.8 Å². The first-order valence-corrected chi connectivity index (χ1v) is 9.83. The summed E-state index contributed by atoms with van der Waals surface area (Å²) in [4.78, 5) is 26.0. The van der Waals surface area contributed by atoms with Gasteiger partial charge in [0.05, 0.1) is 11.4 Å². The van der Waals surface area contributed by atoms with Crippen molar-refractivity contribution in [2.24, 2.45) is 0 Å². The molecule has 138 valence electrons. The molecule has 3 rings (SSSR count). The Kier molecular flexibility index (Phi) is 5.76. The summed E-state index contributed by atoms with van der Waals surface area (Å²) in [5, 5.41) is 7.31. The zero-order chi connectivity index (χ0) is 19.4. The minimum atomic E-state index is -0.738. The molecule has 0 aliphatic rings. The lowest BCUT2D eigenvalue weighted by atomic mass is 10.1. The summed E-state index contributed by atoms with van der Waals surface area (Å²) < 4.78 is 1.23. The van der Waals surface area contributed by atoms with Crippen molar-refractivity contribution in [1.82, 2.24) is 9.78 Å². The number of amides is 1. The van der Waals surface area contributed by atoms with E-state index in [2.05, 4.69) is 10.4 Å². The molecule has 0 radical (unpaired) electrons. The molecule has 0 bridgehead atoms. The van der Waals surface area contributed by atoms with Gasteiger partial charge in [0.25, 0.3) is 5.56 Å². The van der Waals surface area contributed by atoms with E-state index in [4.69, 9.17) is 0 Å². The summed E-state index contributed by atoms with van der Waals surface area (Å²) in [7, 11) is 0. The molecule has 0 aliphatic carbocycles. The predicted molar refractivity (Wildman–Crippen MR) is 110 cm³/mol. The highest BCUT2D eigenvalue weighted by molar-refractivity contribution is 7.98. The Labute approximate surface area is 162 Å². The second kappa shape index (κ2) is 8.22. The lowest BCUT2D eigenvalue weighted by Gasteiger charge is -2.16. The van der Waals surface area contributed by atoms with Crippen LogP contribution in [-0.4, -0.2) is 21.9 Å². The van der Waals surface area contributed by atoms with Crippen LogP contribution in [0.1, 0.15) is 18.5 Å². The summed E-state index contributed by atoms with van der Waals surface area (Å²) in [6.45, 7) is 3.68. The molecule has 1 aromatic heterocycles. The number of hydrogen-bond acceptors (Lipinski definition) is 4. The maximum atomic E-state index is 12.7. The molecule has 0 fully saturated rings. The number of benzene rings is 2. The normalized spacial score (nSPS) is 11.8. The first-order valence-electron chi connectivity index (χ1n) is 8.60. The van der Waals surface area contributed by atoms with Crippen molar-refractivity contribution in [3.05, 3.63) is 76.6 Å². The molecule has 0 spiro atoms. The number of nitrogens with zero attached hydrogens (tertiary/aromatic N) is 2. The monoisotopic (exact) mass is 379 g/mol.